The third-order valence-corrected chi connectivity index (χ3v) is 5.11. The van der Waals surface area contributed by atoms with Crippen LogP contribution in [-0.4, -0.2) is 67.5 Å². The van der Waals surface area contributed by atoms with Crippen LogP contribution in [0.1, 0.15) is 45.4 Å². The molecule has 4 rings (SSSR count). The van der Waals surface area contributed by atoms with Crippen LogP contribution in [0.2, 0.25) is 0 Å². The maximum absolute atomic E-state index is 11.3. The van der Waals surface area contributed by atoms with Gasteiger partial charge >= 0.3 is 0 Å². The molecule has 3 aliphatic heterocycles. The van der Waals surface area contributed by atoms with E-state index in [2.05, 4.69) is 21.3 Å². The van der Waals surface area contributed by atoms with Crippen molar-refractivity contribution in [1.82, 2.24) is 5.32 Å². The average molecular weight is 516 g/mol. The first-order valence-electron chi connectivity index (χ1n) is 11.9. The summed E-state index contributed by atoms with van der Waals surface area (Å²) >= 11 is 0. The molecule has 1 aliphatic carbocycles. The molecular weight excluding hydrogens is 475 g/mol. The summed E-state index contributed by atoms with van der Waals surface area (Å²) in [5.41, 5.74) is -0.298. The first-order chi connectivity index (χ1) is 16.1. The van der Waals surface area contributed by atoms with E-state index < -0.39 is 5.54 Å². The fraction of sp³-hybridized carbons (Fsp3) is 0.577. The van der Waals surface area contributed by atoms with Gasteiger partial charge in [-0.3, -0.25) is 4.79 Å². The van der Waals surface area contributed by atoms with Gasteiger partial charge in [0.1, 0.15) is 0 Å². The van der Waals surface area contributed by atoms with Crippen LogP contribution in [0, 0.1) is 0 Å². The van der Waals surface area contributed by atoms with Crippen molar-refractivity contribution in [3.63, 3.8) is 0 Å². The smallest absolute Gasteiger partial charge is 0.187 e. The van der Waals surface area contributed by atoms with E-state index in [4.69, 9.17) is 10.2 Å². The van der Waals surface area contributed by atoms with Gasteiger partial charge in [-0.15, -0.1) is 38.8 Å². The predicted octanol–water partition coefficient (Wildman–Crippen LogP) is 4.43. The van der Waals surface area contributed by atoms with Crippen LogP contribution in [0.4, 0.5) is 0 Å². The van der Waals surface area contributed by atoms with E-state index in [0.29, 0.717) is 5.57 Å². The van der Waals surface area contributed by atoms with E-state index in [1.165, 1.54) is 50.8 Å². The minimum Gasteiger partial charge on any atom is -0.687 e. The molecule has 34 heavy (non-hydrogen) atoms. The second-order valence-electron chi connectivity index (χ2n) is 8.30. The van der Waals surface area contributed by atoms with Crippen LogP contribution < -0.4 is 5.32 Å². The van der Waals surface area contributed by atoms with Gasteiger partial charge in [0.2, 0.25) is 0 Å². The van der Waals surface area contributed by atoms with E-state index in [-0.39, 0.29) is 35.5 Å². The number of carbonyl (C=O) groups is 1. The monoisotopic (exact) mass is 515 g/mol. The topological polar surface area (TPSA) is 112 Å². The third-order valence-electron chi connectivity index (χ3n) is 5.11. The van der Waals surface area contributed by atoms with Crippen molar-refractivity contribution in [2.45, 2.75) is 51.0 Å². The van der Waals surface area contributed by atoms with Gasteiger partial charge in [-0.05, 0) is 19.1 Å². The molecule has 2 fully saturated rings. The number of aliphatic hydroxyl groups is 2. The fourth-order valence-corrected chi connectivity index (χ4v) is 2.84. The first-order valence-corrected chi connectivity index (χ1v) is 11.9. The van der Waals surface area contributed by atoms with Gasteiger partial charge < -0.3 is 31.5 Å². The number of allylic oxidation sites excluding steroid dienone is 7. The maximum atomic E-state index is 11.3. The Morgan fingerprint density at radius 2 is 1.44 bits per heavy atom. The molecule has 0 bridgehead atoms. The molecule has 0 aromatic rings. The van der Waals surface area contributed by atoms with Crippen LogP contribution in [0.15, 0.2) is 60.5 Å². The summed E-state index contributed by atoms with van der Waals surface area (Å²) < 4.78 is 0. The minimum absolute atomic E-state index is 0. The van der Waals surface area contributed by atoms with Crippen molar-refractivity contribution in [3.05, 3.63) is 76.5 Å². The third kappa shape index (κ3) is 16.8. The van der Waals surface area contributed by atoms with Crippen molar-refractivity contribution >= 4 is 5.78 Å². The van der Waals surface area contributed by atoms with Crippen molar-refractivity contribution in [2.24, 2.45) is 0 Å². The first kappa shape index (κ1) is 32.3. The number of piperidine rings is 2. The quantitative estimate of drug-likeness (QED) is 0.379. The number of hydrogen-bond acceptors (Lipinski definition) is 4. The van der Waals surface area contributed by atoms with Gasteiger partial charge in [0.25, 0.3) is 0 Å². The molecule has 0 atom stereocenters. The number of ketones is 1. The summed E-state index contributed by atoms with van der Waals surface area (Å²) in [6, 6.07) is 0. The van der Waals surface area contributed by atoms with Gasteiger partial charge in [-0.1, -0.05) is 62.8 Å². The molecule has 0 aromatic carbocycles. The summed E-state index contributed by atoms with van der Waals surface area (Å²) in [4.78, 5) is 11.3. The van der Waals surface area contributed by atoms with Crippen molar-refractivity contribution in [2.75, 3.05) is 45.9 Å². The second-order valence-corrected chi connectivity index (χ2v) is 8.30. The van der Waals surface area contributed by atoms with E-state index in [1.807, 2.05) is 18.2 Å². The number of aliphatic hydroxyl groups excluding tert-OH is 2. The van der Waals surface area contributed by atoms with E-state index >= 15 is 0 Å². The molecule has 0 radical (unpaired) electrons. The van der Waals surface area contributed by atoms with E-state index in [9.17, 15) is 4.79 Å². The molecule has 0 saturated carbocycles. The Balaban J connectivity index is 0.000000473. The van der Waals surface area contributed by atoms with Crippen LogP contribution in [0.25, 0.3) is 16.0 Å². The zero-order chi connectivity index (χ0) is 24.0. The summed E-state index contributed by atoms with van der Waals surface area (Å²) in [5, 5.41) is 33.1. The summed E-state index contributed by atoms with van der Waals surface area (Å²) in [6.07, 6.45) is 23.9. The van der Waals surface area contributed by atoms with Gasteiger partial charge in [-0.2, -0.15) is 6.20 Å². The Morgan fingerprint density at radius 3 is 1.74 bits per heavy atom. The Labute approximate surface area is 215 Å². The molecule has 196 valence electrons. The van der Waals surface area contributed by atoms with E-state index in [1.54, 1.807) is 31.4 Å². The summed E-state index contributed by atoms with van der Waals surface area (Å²) in [5.74, 6) is -0.0942. The molecule has 0 aromatic heterocycles. The number of hydrogen-bond donors (Lipinski definition) is 3. The minimum atomic E-state index is -0.803. The molecule has 0 unspecified atom stereocenters. The Hall–Kier alpha value is -1.70. The molecule has 3 heterocycles. The van der Waals surface area contributed by atoms with Gasteiger partial charge in [0.15, 0.2) is 5.78 Å². The summed E-state index contributed by atoms with van der Waals surface area (Å²) in [7, 11) is 0. The second kappa shape index (κ2) is 21.8. The molecular formula is C26H41N4NiO3-3. The Bertz CT molecular complexity index is 616. The number of rotatable bonds is 4. The van der Waals surface area contributed by atoms with Gasteiger partial charge in [0, 0.05) is 28.3 Å². The predicted molar refractivity (Wildman–Crippen MR) is 137 cm³/mol. The number of nitrogens with zero attached hydrogens (tertiary/aromatic N) is 3. The van der Waals surface area contributed by atoms with Crippen LogP contribution in [0.3, 0.4) is 0 Å². The fourth-order valence-electron chi connectivity index (χ4n) is 2.84. The van der Waals surface area contributed by atoms with E-state index in [0.717, 1.165) is 32.7 Å². The molecule has 4 aliphatic rings. The number of nitrogens with one attached hydrogen (secondary N) is 1. The van der Waals surface area contributed by atoms with Gasteiger partial charge in [0.05, 0.1) is 18.8 Å². The Kier molecular flexibility index (Phi) is 20.7. The SMILES string of the molecule is C1=CC[N-]C=C1.C1CC[N-]CC1.C1CC[N-]CC1.CC(CO)(CO)NC=C1C=CC=CC1=O.[Ni]. The largest absolute Gasteiger partial charge is 0.687 e. The summed E-state index contributed by atoms with van der Waals surface area (Å²) in [6.45, 7) is 6.61. The van der Waals surface area contributed by atoms with Crippen molar-refractivity contribution in [3.8, 4) is 0 Å². The molecule has 7 nitrogen and oxygen atoms in total. The average Bonchev–Trinajstić information content (AvgIpc) is 2.92. The maximum Gasteiger partial charge on any atom is 0.187 e. The molecule has 0 spiro atoms. The van der Waals surface area contributed by atoms with Crippen LogP contribution >= 0.6 is 0 Å². The van der Waals surface area contributed by atoms with Crippen LogP contribution in [-0.2, 0) is 21.3 Å². The van der Waals surface area contributed by atoms with Crippen molar-refractivity contribution in [1.29, 1.82) is 0 Å². The van der Waals surface area contributed by atoms with Gasteiger partial charge in [-0.25, -0.2) is 0 Å². The molecule has 0 amide bonds. The van der Waals surface area contributed by atoms with Crippen LogP contribution in [0.5, 0.6) is 0 Å². The molecule has 3 N–H and O–H groups in total. The standard InChI is InChI=1S/C11H15NO3.2C5H10N.C5H6N.Ni/c1-11(7-13,8-14)12-6-9-4-2-3-5-10(9)15;3*1-2-4-6-5-3-1;/h2-6,12-14H,7-8H2,1H3;2*1-5H2;1-4H,5H2;/q;3*-1;. The Morgan fingerprint density at radius 1 is 0.882 bits per heavy atom. The molecule has 8 heteroatoms. The number of carbonyl (C=O) groups excluding carboxylic acids is 1. The zero-order valence-corrected chi connectivity index (χ0v) is 21.3. The normalized spacial score (nSPS) is 19.7. The van der Waals surface area contributed by atoms with Crippen molar-refractivity contribution < 1.29 is 31.5 Å². The molecule has 2 saturated heterocycles. The zero-order valence-electron chi connectivity index (χ0n) is 20.3.